The maximum Gasteiger partial charge on any atom is 0.166 e. The number of hydrogen-bond donors (Lipinski definition) is 3. The molecule has 1 saturated heterocycles. The predicted octanol–water partition coefficient (Wildman–Crippen LogP) is -0.439. The van der Waals surface area contributed by atoms with Crippen LogP contribution in [0.3, 0.4) is 0 Å². The predicted molar refractivity (Wildman–Crippen MR) is 79.4 cm³/mol. The Morgan fingerprint density at radius 3 is 2.74 bits per heavy atom. The van der Waals surface area contributed by atoms with Crippen molar-refractivity contribution < 1.29 is 20.1 Å². The molecule has 0 aromatic carbocycles. The first-order valence-corrected chi connectivity index (χ1v) is 7.78. The minimum atomic E-state index is -1.19. The minimum Gasteiger partial charge on any atom is -0.394 e. The van der Waals surface area contributed by atoms with E-state index >= 15 is 0 Å². The second-order valence-corrected chi connectivity index (χ2v) is 6.01. The van der Waals surface area contributed by atoms with Crippen molar-refractivity contribution in [2.75, 3.05) is 6.61 Å². The summed E-state index contributed by atoms with van der Waals surface area (Å²) in [6.45, 7) is -0.388. The van der Waals surface area contributed by atoms with Crippen LogP contribution in [-0.4, -0.2) is 64.7 Å². The van der Waals surface area contributed by atoms with E-state index in [1.165, 1.54) is 28.6 Å². The molecule has 10 heteroatoms. The van der Waals surface area contributed by atoms with E-state index < -0.39 is 24.5 Å². The molecule has 0 saturated carbocycles. The zero-order valence-electron chi connectivity index (χ0n) is 11.7. The third-order valence-electron chi connectivity index (χ3n) is 3.78. The average molecular weight is 335 g/mol. The van der Waals surface area contributed by atoms with Crippen molar-refractivity contribution in [2.45, 2.75) is 24.5 Å². The summed E-state index contributed by atoms with van der Waals surface area (Å²) in [5.74, 6) is 0. The summed E-state index contributed by atoms with van der Waals surface area (Å²) in [4.78, 5) is 16.9. The maximum atomic E-state index is 10.2. The van der Waals surface area contributed by atoms with Crippen LogP contribution in [0.2, 0.25) is 0 Å². The molecular weight excluding hydrogens is 322 g/mol. The molecule has 0 aliphatic carbocycles. The smallest absolute Gasteiger partial charge is 0.166 e. The lowest BCUT2D eigenvalue weighted by molar-refractivity contribution is -0.0511. The molecule has 0 amide bonds. The Kier molecular flexibility index (Phi) is 3.54. The van der Waals surface area contributed by atoms with E-state index in [0.29, 0.717) is 21.9 Å². The van der Waals surface area contributed by atoms with Gasteiger partial charge in [0.25, 0.3) is 0 Å². The summed E-state index contributed by atoms with van der Waals surface area (Å²) < 4.78 is 7.04. The molecule has 4 rings (SSSR count). The molecule has 1 aliphatic heterocycles. The number of nitrogens with zero attached hydrogens (tertiary/aromatic N) is 5. The van der Waals surface area contributed by atoms with Crippen LogP contribution in [0.1, 0.15) is 6.23 Å². The van der Waals surface area contributed by atoms with Crippen LogP contribution in [0.15, 0.2) is 24.2 Å². The van der Waals surface area contributed by atoms with Gasteiger partial charge in [0, 0.05) is 11.6 Å². The first-order chi connectivity index (χ1) is 11.2. The molecule has 0 bridgehead atoms. The third-order valence-corrected chi connectivity index (χ3v) is 4.56. The van der Waals surface area contributed by atoms with Crippen LogP contribution in [0.25, 0.3) is 21.9 Å². The Hall–Kier alpha value is -1.98. The van der Waals surface area contributed by atoms with Crippen molar-refractivity contribution in [1.82, 2.24) is 24.5 Å². The van der Waals surface area contributed by atoms with Crippen LogP contribution < -0.4 is 0 Å². The Labute approximate surface area is 133 Å². The van der Waals surface area contributed by atoms with Crippen molar-refractivity contribution in [2.24, 2.45) is 0 Å². The van der Waals surface area contributed by atoms with E-state index in [2.05, 4.69) is 19.9 Å². The Morgan fingerprint density at radius 1 is 1.17 bits per heavy atom. The first-order valence-electron chi connectivity index (χ1n) is 6.90. The number of imidazole rings is 1. The number of aromatic nitrogens is 5. The SMILES string of the molecule is OCC1OC(n2cnc3c(-c4nccs4)ncnc32)C(O)C1O. The molecule has 1 fully saturated rings. The first kappa shape index (κ1) is 14.6. The van der Waals surface area contributed by atoms with Gasteiger partial charge < -0.3 is 20.1 Å². The lowest BCUT2D eigenvalue weighted by Gasteiger charge is -2.16. The monoisotopic (exact) mass is 335 g/mol. The fourth-order valence-corrected chi connectivity index (χ4v) is 3.28. The number of fused-ring (bicyclic) bond motifs is 1. The largest absolute Gasteiger partial charge is 0.394 e. The quantitative estimate of drug-likeness (QED) is 0.588. The molecule has 4 unspecified atom stereocenters. The normalized spacial score (nSPS) is 27.8. The van der Waals surface area contributed by atoms with Gasteiger partial charge in [0.1, 0.15) is 40.9 Å². The molecule has 0 radical (unpaired) electrons. The van der Waals surface area contributed by atoms with Crippen LogP contribution >= 0.6 is 11.3 Å². The highest BCUT2D eigenvalue weighted by Crippen LogP contribution is 2.33. The maximum absolute atomic E-state index is 10.2. The van der Waals surface area contributed by atoms with Gasteiger partial charge in [-0.25, -0.2) is 19.9 Å². The Bertz CT molecular complexity index is 823. The molecule has 120 valence electrons. The number of ether oxygens (including phenoxy) is 1. The summed E-state index contributed by atoms with van der Waals surface area (Å²) in [6.07, 6.45) is 0.427. The van der Waals surface area contributed by atoms with E-state index in [4.69, 9.17) is 4.74 Å². The van der Waals surface area contributed by atoms with Gasteiger partial charge in [-0.2, -0.15) is 0 Å². The van der Waals surface area contributed by atoms with Crippen molar-refractivity contribution in [1.29, 1.82) is 0 Å². The molecule has 3 aromatic rings. The summed E-state index contributed by atoms with van der Waals surface area (Å²) >= 11 is 1.43. The molecule has 3 aromatic heterocycles. The second-order valence-electron chi connectivity index (χ2n) is 5.11. The fraction of sp³-hybridized carbons (Fsp3) is 0.385. The highest BCUT2D eigenvalue weighted by molar-refractivity contribution is 7.13. The number of aliphatic hydroxyl groups excluding tert-OH is 3. The number of hydrogen-bond acceptors (Lipinski definition) is 9. The summed E-state index contributed by atoms with van der Waals surface area (Å²) in [6, 6.07) is 0. The molecule has 4 atom stereocenters. The Balaban J connectivity index is 1.80. The topological polar surface area (TPSA) is 126 Å². The molecular formula is C13H13N5O4S. The highest BCUT2D eigenvalue weighted by atomic mass is 32.1. The van der Waals surface area contributed by atoms with Gasteiger partial charge in [0.05, 0.1) is 12.9 Å². The average Bonchev–Trinajstić information content (AvgIpc) is 3.28. The van der Waals surface area contributed by atoms with E-state index in [9.17, 15) is 15.3 Å². The molecule has 23 heavy (non-hydrogen) atoms. The fourth-order valence-electron chi connectivity index (χ4n) is 2.64. The molecule has 3 N–H and O–H groups in total. The van der Waals surface area contributed by atoms with Crippen LogP contribution in [0.5, 0.6) is 0 Å². The Morgan fingerprint density at radius 2 is 2.04 bits per heavy atom. The van der Waals surface area contributed by atoms with Gasteiger partial charge >= 0.3 is 0 Å². The third kappa shape index (κ3) is 2.23. The lowest BCUT2D eigenvalue weighted by Crippen LogP contribution is -2.33. The van der Waals surface area contributed by atoms with Crippen molar-refractivity contribution in [3.05, 3.63) is 24.2 Å². The van der Waals surface area contributed by atoms with E-state index in [1.807, 2.05) is 5.38 Å². The van der Waals surface area contributed by atoms with Gasteiger partial charge in [-0.15, -0.1) is 11.3 Å². The van der Waals surface area contributed by atoms with Gasteiger partial charge in [0.15, 0.2) is 11.9 Å². The summed E-state index contributed by atoms with van der Waals surface area (Å²) in [7, 11) is 0. The van der Waals surface area contributed by atoms with Gasteiger partial charge in [-0.1, -0.05) is 0 Å². The van der Waals surface area contributed by atoms with Crippen molar-refractivity contribution >= 4 is 22.5 Å². The van der Waals surface area contributed by atoms with Crippen molar-refractivity contribution in [3.8, 4) is 10.7 Å². The van der Waals surface area contributed by atoms with Gasteiger partial charge in [-0.05, 0) is 0 Å². The van der Waals surface area contributed by atoms with E-state index in [1.54, 1.807) is 6.20 Å². The van der Waals surface area contributed by atoms with Crippen LogP contribution in [-0.2, 0) is 4.74 Å². The molecule has 9 nitrogen and oxygen atoms in total. The van der Waals surface area contributed by atoms with Gasteiger partial charge in [0.2, 0.25) is 0 Å². The number of aliphatic hydroxyl groups is 3. The number of thiazole rings is 1. The lowest BCUT2D eigenvalue weighted by atomic mass is 10.1. The zero-order valence-corrected chi connectivity index (χ0v) is 12.5. The standard InChI is InChI=1S/C13H13N5O4S/c19-3-6-9(20)10(21)13(22-6)18-5-17-7-8(12-14-1-2-23-12)15-4-16-11(7)18/h1-2,4-6,9-10,13,19-21H,3H2. The van der Waals surface area contributed by atoms with Crippen LogP contribution in [0, 0.1) is 0 Å². The van der Waals surface area contributed by atoms with Gasteiger partial charge in [-0.3, -0.25) is 4.57 Å². The molecule has 4 heterocycles. The zero-order chi connectivity index (χ0) is 16.0. The van der Waals surface area contributed by atoms with E-state index in [-0.39, 0.29) is 6.61 Å². The minimum absolute atomic E-state index is 0.388. The number of rotatable bonds is 3. The second kappa shape index (κ2) is 5.58. The summed E-state index contributed by atoms with van der Waals surface area (Å²) in [5.41, 5.74) is 1.58. The van der Waals surface area contributed by atoms with Crippen LogP contribution in [0.4, 0.5) is 0 Å². The van der Waals surface area contributed by atoms with Crippen molar-refractivity contribution in [3.63, 3.8) is 0 Å². The summed E-state index contributed by atoms with van der Waals surface area (Å²) in [5, 5.41) is 31.8. The molecule has 1 aliphatic rings. The molecule has 0 spiro atoms. The highest BCUT2D eigenvalue weighted by Gasteiger charge is 2.44. The van der Waals surface area contributed by atoms with E-state index in [0.717, 1.165) is 0 Å².